The van der Waals surface area contributed by atoms with E-state index in [1.165, 1.54) is 19.2 Å². The van der Waals surface area contributed by atoms with Gasteiger partial charge in [-0.15, -0.1) is 0 Å². The van der Waals surface area contributed by atoms with E-state index in [0.29, 0.717) is 5.82 Å². The van der Waals surface area contributed by atoms with Gasteiger partial charge >= 0.3 is 5.97 Å². The Morgan fingerprint density at radius 1 is 1.36 bits per heavy atom. The van der Waals surface area contributed by atoms with Crippen LogP contribution in [0.2, 0.25) is 0 Å². The molecule has 0 radical (unpaired) electrons. The van der Waals surface area contributed by atoms with Crippen molar-refractivity contribution in [2.75, 3.05) is 0 Å². The summed E-state index contributed by atoms with van der Waals surface area (Å²) in [5.41, 5.74) is -0.536. The van der Waals surface area contributed by atoms with Gasteiger partial charge in [0.25, 0.3) is 11.4 Å². The molecule has 118 valence electrons. The molecule has 2 heterocycles. The molecule has 0 spiro atoms. The monoisotopic (exact) mass is 306 g/mol. The second-order valence-corrected chi connectivity index (χ2v) is 5.93. The van der Waals surface area contributed by atoms with Crippen LogP contribution < -0.4 is 5.56 Å². The number of hydrogen-bond donors (Lipinski definition) is 0. The van der Waals surface area contributed by atoms with Crippen molar-refractivity contribution in [3.05, 3.63) is 39.9 Å². The summed E-state index contributed by atoms with van der Waals surface area (Å²) in [6.45, 7) is 7.48. The molecule has 0 bridgehead atoms. The molecular weight excluding hydrogens is 288 g/mol. The molecule has 8 heteroatoms. The van der Waals surface area contributed by atoms with E-state index in [1.54, 1.807) is 6.92 Å². The third kappa shape index (κ3) is 3.38. The third-order valence-corrected chi connectivity index (χ3v) is 2.91. The molecule has 0 N–H and O–H groups in total. The molecule has 0 aliphatic rings. The van der Waals surface area contributed by atoms with Crippen molar-refractivity contribution in [1.29, 1.82) is 0 Å². The molecule has 22 heavy (non-hydrogen) atoms. The van der Waals surface area contributed by atoms with E-state index in [-0.39, 0.29) is 22.6 Å². The summed E-state index contributed by atoms with van der Waals surface area (Å²) >= 11 is 0. The van der Waals surface area contributed by atoms with Crippen LogP contribution in [0.15, 0.2) is 21.5 Å². The lowest BCUT2D eigenvalue weighted by atomic mass is 9.96. The van der Waals surface area contributed by atoms with Gasteiger partial charge in [-0.2, -0.15) is 10.1 Å². The highest BCUT2D eigenvalue weighted by molar-refractivity contribution is 5.87. The zero-order valence-corrected chi connectivity index (χ0v) is 13.2. The van der Waals surface area contributed by atoms with Crippen molar-refractivity contribution in [3.63, 3.8) is 0 Å². The van der Waals surface area contributed by atoms with Crippen LogP contribution in [0.4, 0.5) is 0 Å². The van der Waals surface area contributed by atoms with Gasteiger partial charge in [-0.3, -0.25) is 4.79 Å². The second kappa shape index (κ2) is 5.70. The van der Waals surface area contributed by atoms with Gasteiger partial charge in [0.1, 0.15) is 0 Å². The summed E-state index contributed by atoms with van der Waals surface area (Å²) in [4.78, 5) is 27.5. The Bertz CT molecular complexity index is 742. The zero-order chi connectivity index (χ0) is 16.5. The minimum atomic E-state index is -0.713. The summed E-state index contributed by atoms with van der Waals surface area (Å²) in [6.07, 6.45) is -0.713. The average Bonchev–Trinajstić information content (AvgIpc) is 2.91. The van der Waals surface area contributed by atoms with Gasteiger partial charge in [0.05, 0.1) is 0 Å². The van der Waals surface area contributed by atoms with Crippen molar-refractivity contribution in [2.45, 2.75) is 39.2 Å². The number of carbonyl (C=O) groups excluding carboxylic acids is 1. The van der Waals surface area contributed by atoms with Gasteiger partial charge in [-0.05, 0) is 13.0 Å². The molecule has 0 aliphatic carbocycles. The first-order valence-corrected chi connectivity index (χ1v) is 6.78. The van der Waals surface area contributed by atoms with E-state index >= 15 is 0 Å². The molecule has 2 aromatic rings. The minimum Gasteiger partial charge on any atom is -0.448 e. The van der Waals surface area contributed by atoms with Crippen LogP contribution >= 0.6 is 0 Å². The Morgan fingerprint density at radius 2 is 2.05 bits per heavy atom. The first-order valence-electron chi connectivity index (χ1n) is 6.78. The first-order chi connectivity index (χ1) is 10.2. The fourth-order valence-electron chi connectivity index (χ4n) is 1.59. The summed E-state index contributed by atoms with van der Waals surface area (Å²) in [7, 11) is 1.45. The summed E-state index contributed by atoms with van der Waals surface area (Å²) < 4.78 is 11.4. The van der Waals surface area contributed by atoms with Gasteiger partial charge in [-0.1, -0.05) is 25.9 Å². The van der Waals surface area contributed by atoms with Crippen LogP contribution in [0.25, 0.3) is 0 Å². The molecule has 2 aromatic heterocycles. The third-order valence-electron chi connectivity index (χ3n) is 2.91. The Labute approximate surface area is 127 Å². The van der Waals surface area contributed by atoms with Crippen LogP contribution in [0.1, 0.15) is 56.0 Å². The number of aryl methyl sites for hydroxylation is 1. The van der Waals surface area contributed by atoms with E-state index in [4.69, 9.17) is 9.26 Å². The highest BCUT2D eigenvalue weighted by atomic mass is 16.6. The summed E-state index contributed by atoms with van der Waals surface area (Å²) in [5, 5.41) is 7.70. The Hall–Kier alpha value is -2.51. The van der Waals surface area contributed by atoms with E-state index in [9.17, 15) is 9.59 Å². The Kier molecular flexibility index (Phi) is 4.11. The number of ether oxygens (including phenoxy) is 1. The lowest BCUT2D eigenvalue weighted by molar-refractivity contribution is 0.0256. The van der Waals surface area contributed by atoms with Crippen molar-refractivity contribution < 1.29 is 14.1 Å². The molecule has 0 saturated carbocycles. The zero-order valence-electron chi connectivity index (χ0n) is 13.2. The Balaban J connectivity index is 2.12. The van der Waals surface area contributed by atoms with Crippen molar-refractivity contribution in [3.8, 4) is 0 Å². The fraction of sp³-hybridized carbons (Fsp3) is 0.500. The van der Waals surface area contributed by atoms with E-state index in [1.807, 2.05) is 20.8 Å². The van der Waals surface area contributed by atoms with Gasteiger partial charge in [-0.25, -0.2) is 9.48 Å². The molecule has 2 rings (SSSR count). The molecule has 8 nitrogen and oxygen atoms in total. The molecule has 0 aliphatic heterocycles. The predicted octanol–water partition coefficient (Wildman–Crippen LogP) is 1.38. The maximum absolute atomic E-state index is 12.0. The van der Waals surface area contributed by atoms with Gasteiger partial charge in [0, 0.05) is 18.5 Å². The highest BCUT2D eigenvalue weighted by Gasteiger charge is 2.25. The van der Waals surface area contributed by atoms with Crippen LogP contribution in [0.3, 0.4) is 0 Å². The van der Waals surface area contributed by atoms with E-state index in [0.717, 1.165) is 4.68 Å². The molecule has 0 fully saturated rings. The van der Waals surface area contributed by atoms with Crippen molar-refractivity contribution >= 4 is 5.97 Å². The summed E-state index contributed by atoms with van der Waals surface area (Å²) in [5.74, 6) is 0.0762. The Morgan fingerprint density at radius 3 is 2.59 bits per heavy atom. The predicted molar refractivity (Wildman–Crippen MR) is 76.3 cm³/mol. The quantitative estimate of drug-likeness (QED) is 0.789. The van der Waals surface area contributed by atoms with E-state index in [2.05, 4.69) is 15.2 Å². The van der Waals surface area contributed by atoms with Gasteiger partial charge in [0.15, 0.2) is 17.6 Å². The molecule has 0 aromatic carbocycles. The molecule has 0 saturated heterocycles. The van der Waals surface area contributed by atoms with Crippen LogP contribution in [0, 0.1) is 0 Å². The van der Waals surface area contributed by atoms with Gasteiger partial charge < -0.3 is 9.26 Å². The molecule has 1 unspecified atom stereocenters. The number of rotatable bonds is 3. The maximum Gasteiger partial charge on any atom is 0.359 e. The molecule has 1 atom stereocenters. The number of carbonyl (C=O) groups is 1. The SMILES string of the molecule is CC(OC(=O)c1ccc(=O)n(C)n1)c1nc(C(C)(C)C)no1. The fourth-order valence-corrected chi connectivity index (χ4v) is 1.59. The number of nitrogens with zero attached hydrogens (tertiary/aromatic N) is 4. The second-order valence-electron chi connectivity index (χ2n) is 5.93. The lowest BCUT2D eigenvalue weighted by Crippen LogP contribution is -2.22. The molecule has 0 amide bonds. The lowest BCUT2D eigenvalue weighted by Gasteiger charge is -2.11. The topological polar surface area (TPSA) is 100 Å². The van der Waals surface area contributed by atoms with Crippen LogP contribution in [-0.2, 0) is 17.2 Å². The maximum atomic E-state index is 12.0. The first kappa shape index (κ1) is 15.9. The molecular formula is C14H18N4O4. The number of hydrogen-bond acceptors (Lipinski definition) is 7. The largest absolute Gasteiger partial charge is 0.448 e. The van der Waals surface area contributed by atoms with Crippen molar-refractivity contribution in [1.82, 2.24) is 19.9 Å². The standard InChI is InChI=1S/C14H18N4O4/c1-8(11-15-13(17-22-11)14(2,3)4)21-12(20)9-6-7-10(19)18(5)16-9/h6-8H,1-5H3. The summed E-state index contributed by atoms with van der Waals surface area (Å²) in [6, 6.07) is 2.56. The normalized spacial score (nSPS) is 13.0. The number of aromatic nitrogens is 4. The van der Waals surface area contributed by atoms with Crippen molar-refractivity contribution in [2.24, 2.45) is 7.05 Å². The smallest absolute Gasteiger partial charge is 0.359 e. The minimum absolute atomic E-state index is 0.0320. The van der Waals surface area contributed by atoms with Crippen LogP contribution in [0.5, 0.6) is 0 Å². The van der Waals surface area contributed by atoms with Gasteiger partial charge in [0.2, 0.25) is 0 Å². The highest BCUT2D eigenvalue weighted by Crippen LogP contribution is 2.22. The average molecular weight is 306 g/mol. The number of esters is 1. The van der Waals surface area contributed by atoms with Crippen LogP contribution in [-0.4, -0.2) is 25.9 Å². The van der Waals surface area contributed by atoms with E-state index < -0.39 is 12.1 Å².